The summed E-state index contributed by atoms with van der Waals surface area (Å²) in [5.74, 6) is -0.321. The van der Waals surface area contributed by atoms with Crippen LogP contribution in [-0.4, -0.2) is 67.4 Å². The van der Waals surface area contributed by atoms with Crippen molar-refractivity contribution in [3.05, 3.63) is 0 Å². The predicted molar refractivity (Wildman–Crippen MR) is 75.3 cm³/mol. The Kier molecular flexibility index (Phi) is 11.4. The molecule has 1 saturated heterocycles. The molecule has 1 heterocycles. The van der Waals surface area contributed by atoms with E-state index in [1.54, 1.807) is 4.90 Å². The van der Waals surface area contributed by atoms with E-state index in [1.165, 1.54) is 0 Å². The van der Waals surface area contributed by atoms with E-state index in [9.17, 15) is 9.59 Å². The third-order valence-corrected chi connectivity index (χ3v) is 2.79. The number of hydrogen-bond donors (Lipinski definition) is 2. The summed E-state index contributed by atoms with van der Waals surface area (Å²) < 4.78 is 0. The van der Waals surface area contributed by atoms with Gasteiger partial charge >= 0.3 is 0 Å². The molecule has 6 nitrogen and oxygen atoms in total. The Balaban J connectivity index is 0. The highest BCUT2D eigenvalue weighted by molar-refractivity contribution is 5.86. The van der Waals surface area contributed by atoms with Crippen LogP contribution in [0.2, 0.25) is 0 Å². The Morgan fingerprint density at radius 1 is 1.17 bits per heavy atom. The van der Waals surface area contributed by atoms with Gasteiger partial charge in [0.2, 0.25) is 11.8 Å². The van der Waals surface area contributed by atoms with Crippen LogP contribution < -0.4 is 11.1 Å². The standard InChI is InChI=1S/C10H20N4O2.2ClH/c1-2-13-3-5-14(6-4-13)10(16)8-12-9(15)7-11;;/h2-8,11H2,1H3,(H,12,15);2*1H. The van der Waals surface area contributed by atoms with E-state index in [1.807, 2.05) is 0 Å². The SMILES string of the molecule is CCN1CCN(C(=O)CNC(=O)CN)CC1.Cl.Cl. The van der Waals surface area contributed by atoms with Gasteiger partial charge in [-0.05, 0) is 6.54 Å². The molecule has 1 aliphatic rings. The van der Waals surface area contributed by atoms with Crippen molar-refractivity contribution in [2.45, 2.75) is 6.92 Å². The fourth-order valence-electron chi connectivity index (χ4n) is 1.67. The van der Waals surface area contributed by atoms with Crippen LogP contribution in [0, 0.1) is 0 Å². The Labute approximate surface area is 120 Å². The van der Waals surface area contributed by atoms with Gasteiger partial charge in [-0.1, -0.05) is 6.92 Å². The maximum atomic E-state index is 11.7. The molecule has 108 valence electrons. The first-order chi connectivity index (χ1) is 7.67. The molecular formula is C10H22Cl2N4O2. The Hall–Kier alpha value is -0.560. The number of piperazine rings is 1. The molecule has 3 N–H and O–H groups in total. The molecule has 1 fully saturated rings. The van der Waals surface area contributed by atoms with Crippen molar-refractivity contribution < 1.29 is 9.59 Å². The summed E-state index contributed by atoms with van der Waals surface area (Å²) in [6.45, 7) is 6.42. The smallest absolute Gasteiger partial charge is 0.242 e. The van der Waals surface area contributed by atoms with Crippen LogP contribution in [0.25, 0.3) is 0 Å². The zero-order chi connectivity index (χ0) is 12.0. The quantitative estimate of drug-likeness (QED) is 0.703. The summed E-state index contributed by atoms with van der Waals surface area (Å²) in [6, 6.07) is 0. The number of carbonyl (C=O) groups is 2. The molecule has 1 rings (SSSR count). The number of nitrogens with two attached hydrogens (primary N) is 1. The minimum absolute atomic E-state index is 0. The number of rotatable bonds is 4. The first-order valence-corrected chi connectivity index (χ1v) is 5.64. The topological polar surface area (TPSA) is 78.7 Å². The van der Waals surface area contributed by atoms with Crippen molar-refractivity contribution in [2.75, 3.05) is 45.8 Å². The van der Waals surface area contributed by atoms with Crippen molar-refractivity contribution in [3.8, 4) is 0 Å². The van der Waals surface area contributed by atoms with E-state index >= 15 is 0 Å². The van der Waals surface area contributed by atoms with Crippen LogP contribution >= 0.6 is 24.8 Å². The van der Waals surface area contributed by atoms with E-state index in [0.29, 0.717) is 0 Å². The lowest BCUT2D eigenvalue weighted by Gasteiger charge is -2.34. The summed E-state index contributed by atoms with van der Waals surface area (Å²) in [5.41, 5.74) is 5.13. The number of halogens is 2. The Morgan fingerprint density at radius 2 is 1.72 bits per heavy atom. The summed E-state index contributed by atoms with van der Waals surface area (Å²) >= 11 is 0. The fraction of sp³-hybridized carbons (Fsp3) is 0.800. The number of amides is 2. The minimum atomic E-state index is -0.291. The lowest BCUT2D eigenvalue weighted by Crippen LogP contribution is -2.51. The molecular weight excluding hydrogens is 279 g/mol. The lowest BCUT2D eigenvalue weighted by atomic mass is 10.3. The van der Waals surface area contributed by atoms with Crippen molar-refractivity contribution >= 4 is 36.6 Å². The van der Waals surface area contributed by atoms with Crippen molar-refractivity contribution in [3.63, 3.8) is 0 Å². The van der Waals surface area contributed by atoms with E-state index in [4.69, 9.17) is 5.73 Å². The van der Waals surface area contributed by atoms with Gasteiger partial charge in [0.15, 0.2) is 0 Å². The van der Waals surface area contributed by atoms with Crippen molar-refractivity contribution in [1.29, 1.82) is 0 Å². The van der Waals surface area contributed by atoms with Crippen molar-refractivity contribution in [1.82, 2.24) is 15.1 Å². The second kappa shape index (κ2) is 10.4. The van der Waals surface area contributed by atoms with E-state index in [2.05, 4.69) is 17.1 Å². The van der Waals surface area contributed by atoms with Gasteiger partial charge in [-0.2, -0.15) is 0 Å². The molecule has 0 saturated carbocycles. The number of hydrogen-bond acceptors (Lipinski definition) is 4. The van der Waals surface area contributed by atoms with E-state index in [-0.39, 0.29) is 49.7 Å². The number of nitrogens with zero attached hydrogens (tertiary/aromatic N) is 2. The maximum absolute atomic E-state index is 11.7. The predicted octanol–water partition coefficient (Wildman–Crippen LogP) is -0.931. The average molecular weight is 301 g/mol. The molecule has 18 heavy (non-hydrogen) atoms. The molecule has 2 amide bonds. The van der Waals surface area contributed by atoms with Gasteiger partial charge in [-0.25, -0.2) is 0 Å². The van der Waals surface area contributed by atoms with Gasteiger partial charge < -0.3 is 20.9 Å². The highest BCUT2D eigenvalue weighted by Crippen LogP contribution is 2.00. The third kappa shape index (κ3) is 6.39. The van der Waals surface area contributed by atoms with Crippen LogP contribution in [0.15, 0.2) is 0 Å². The zero-order valence-corrected chi connectivity index (χ0v) is 12.2. The molecule has 0 aromatic carbocycles. The molecule has 0 bridgehead atoms. The number of likely N-dealkylation sites (N-methyl/N-ethyl adjacent to an activating group) is 1. The monoisotopic (exact) mass is 300 g/mol. The van der Waals surface area contributed by atoms with Gasteiger partial charge in [-0.3, -0.25) is 9.59 Å². The zero-order valence-electron chi connectivity index (χ0n) is 10.6. The molecule has 8 heteroatoms. The van der Waals surface area contributed by atoms with E-state index in [0.717, 1.165) is 32.7 Å². The lowest BCUT2D eigenvalue weighted by molar-refractivity contribution is -0.134. The van der Waals surface area contributed by atoms with Gasteiger partial charge in [0.25, 0.3) is 0 Å². The fourth-order valence-corrected chi connectivity index (χ4v) is 1.67. The molecule has 0 aliphatic carbocycles. The highest BCUT2D eigenvalue weighted by atomic mass is 35.5. The second-order valence-electron chi connectivity index (χ2n) is 3.80. The minimum Gasteiger partial charge on any atom is -0.346 e. The number of nitrogens with one attached hydrogen (secondary N) is 1. The third-order valence-electron chi connectivity index (χ3n) is 2.79. The number of carbonyl (C=O) groups excluding carboxylic acids is 2. The molecule has 0 radical (unpaired) electrons. The van der Waals surface area contributed by atoms with Crippen LogP contribution in [0.5, 0.6) is 0 Å². The maximum Gasteiger partial charge on any atom is 0.242 e. The molecule has 0 spiro atoms. The average Bonchev–Trinajstić information content (AvgIpc) is 2.35. The van der Waals surface area contributed by atoms with Crippen LogP contribution in [0.1, 0.15) is 6.92 Å². The normalized spacial score (nSPS) is 15.3. The molecule has 0 aromatic heterocycles. The highest BCUT2D eigenvalue weighted by Gasteiger charge is 2.19. The van der Waals surface area contributed by atoms with Gasteiger partial charge in [0, 0.05) is 26.2 Å². The summed E-state index contributed by atoms with van der Waals surface area (Å²) in [6.07, 6.45) is 0. The molecule has 0 atom stereocenters. The molecule has 0 aromatic rings. The second-order valence-corrected chi connectivity index (χ2v) is 3.80. The van der Waals surface area contributed by atoms with Crippen LogP contribution in [0.3, 0.4) is 0 Å². The van der Waals surface area contributed by atoms with Crippen LogP contribution in [-0.2, 0) is 9.59 Å². The van der Waals surface area contributed by atoms with Gasteiger partial charge in [-0.15, -0.1) is 24.8 Å². The summed E-state index contributed by atoms with van der Waals surface area (Å²) in [5, 5.41) is 2.49. The van der Waals surface area contributed by atoms with Gasteiger partial charge in [0.1, 0.15) is 0 Å². The van der Waals surface area contributed by atoms with Gasteiger partial charge in [0.05, 0.1) is 13.1 Å². The Morgan fingerprint density at radius 3 is 2.17 bits per heavy atom. The summed E-state index contributed by atoms with van der Waals surface area (Å²) in [7, 11) is 0. The van der Waals surface area contributed by atoms with E-state index < -0.39 is 0 Å². The summed E-state index contributed by atoms with van der Waals surface area (Å²) in [4.78, 5) is 26.6. The molecule has 1 aliphatic heterocycles. The van der Waals surface area contributed by atoms with Crippen molar-refractivity contribution in [2.24, 2.45) is 5.73 Å². The first kappa shape index (κ1) is 19.8. The Bertz CT molecular complexity index is 258. The largest absolute Gasteiger partial charge is 0.346 e. The molecule has 0 unspecified atom stereocenters. The first-order valence-electron chi connectivity index (χ1n) is 5.64. The van der Waals surface area contributed by atoms with Crippen LogP contribution in [0.4, 0.5) is 0 Å².